The highest BCUT2D eigenvalue weighted by Crippen LogP contribution is 2.23. The minimum Gasteiger partial charge on any atom is -0.346 e. The van der Waals surface area contributed by atoms with E-state index >= 15 is 0 Å². The van der Waals surface area contributed by atoms with E-state index in [4.69, 9.17) is 5.26 Å². The van der Waals surface area contributed by atoms with Gasteiger partial charge in [-0.25, -0.2) is 23.7 Å². The van der Waals surface area contributed by atoms with Gasteiger partial charge in [0.1, 0.15) is 28.4 Å². The molecule has 5 rings (SSSR count). The number of nitrogens with one attached hydrogen (secondary N) is 2. The topological polar surface area (TPSA) is 142 Å². The predicted octanol–water partition coefficient (Wildman–Crippen LogP) is 4.89. The van der Waals surface area contributed by atoms with Gasteiger partial charge in [0.2, 0.25) is 0 Å². The number of hydrogen-bond donors (Lipinski definition) is 2. The number of carbonyl (C=O) groups excluding carboxylic acids is 1. The summed E-state index contributed by atoms with van der Waals surface area (Å²) in [6.45, 7) is 3.59. The molecule has 10 nitrogen and oxygen atoms in total. The van der Waals surface area contributed by atoms with Crippen LogP contribution in [0.3, 0.4) is 0 Å². The van der Waals surface area contributed by atoms with Crippen molar-refractivity contribution in [3.05, 3.63) is 94.1 Å². The van der Waals surface area contributed by atoms with Crippen molar-refractivity contribution < 1.29 is 13.6 Å². The van der Waals surface area contributed by atoms with E-state index < -0.39 is 17.5 Å². The number of halogens is 2. The van der Waals surface area contributed by atoms with Gasteiger partial charge in [0.15, 0.2) is 17.3 Å². The van der Waals surface area contributed by atoms with Crippen LogP contribution in [0.1, 0.15) is 32.3 Å². The monoisotopic (exact) mass is 555 g/mol. The van der Waals surface area contributed by atoms with Crippen molar-refractivity contribution >= 4 is 29.1 Å². The van der Waals surface area contributed by atoms with Crippen molar-refractivity contribution in [2.45, 2.75) is 20.4 Å². The fourth-order valence-electron chi connectivity index (χ4n) is 3.73. The number of rotatable bonds is 7. The van der Waals surface area contributed by atoms with E-state index in [0.29, 0.717) is 44.7 Å². The van der Waals surface area contributed by atoms with E-state index in [1.54, 1.807) is 44.3 Å². The molecule has 1 amide bonds. The summed E-state index contributed by atoms with van der Waals surface area (Å²) in [6.07, 6.45) is 4.00. The first-order chi connectivity index (χ1) is 19.3. The zero-order valence-corrected chi connectivity index (χ0v) is 21.9. The van der Waals surface area contributed by atoms with Gasteiger partial charge < -0.3 is 10.6 Å². The second-order valence-electron chi connectivity index (χ2n) is 8.61. The van der Waals surface area contributed by atoms with E-state index in [0.717, 1.165) is 23.8 Å². The van der Waals surface area contributed by atoms with Crippen molar-refractivity contribution in [2.75, 3.05) is 5.32 Å². The molecule has 0 fully saturated rings. The molecular formula is C27H19F2N9OS. The highest BCUT2D eigenvalue weighted by Gasteiger charge is 2.17. The van der Waals surface area contributed by atoms with Crippen molar-refractivity contribution in [3.8, 4) is 28.7 Å². The average molecular weight is 556 g/mol. The van der Waals surface area contributed by atoms with E-state index in [2.05, 4.69) is 39.9 Å². The molecule has 0 unspecified atom stereocenters. The molecule has 0 aliphatic heterocycles. The van der Waals surface area contributed by atoms with Gasteiger partial charge in [-0.1, -0.05) is 6.07 Å². The third-order valence-corrected chi connectivity index (χ3v) is 6.35. The van der Waals surface area contributed by atoms with Gasteiger partial charge in [0.25, 0.3) is 5.91 Å². The lowest BCUT2D eigenvalue weighted by molar-refractivity contribution is 0.0941. The van der Waals surface area contributed by atoms with E-state index in [9.17, 15) is 13.6 Å². The number of aryl methyl sites for hydroxylation is 2. The fraction of sp³-hybridized carbons (Fsp3) is 0.111. The molecule has 0 aliphatic rings. The van der Waals surface area contributed by atoms with E-state index in [1.807, 2.05) is 6.07 Å². The van der Waals surface area contributed by atoms with Crippen molar-refractivity contribution in [1.82, 2.24) is 34.6 Å². The summed E-state index contributed by atoms with van der Waals surface area (Å²) >= 11 is 1.05. The second kappa shape index (κ2) is 11.3. The van der Waals surface area contributed by atoms with Gasteiger partial charge in [0, 0.05) is 53.6 Å². The normalized spacial score (nSPS) is 10.7. The number of aromatic nitrogens is 6. The predicted molar refractivity (Wildman–Crippen MR) is 143 cm³/mol. The lowest BCUT2D eigenvalue weighted by Gasteiger charge is -2.09. The van der Waals surface area contributed by atoms with Crippen molar-refractivity contribution in [3.63, 3.8) is 0 Å². The molecule has 13 heteroatoms. The SMILES string of the molecule is Cc1cc(Nc2cc(C#N)sn2)nc(-c2cnc(C(=O)NCc3ccc(-c4cc(F)cnc4C)nc3)c(F)c2)n1. The largest absolute Gasteiger partial charge is 0.346 e. The lowest BCUT2D eigenvalue weighted by atomic mass is 10.1. The highest BCUT2D eigenvalue weighted by atomic mass is 32.1. The van der Waals surface area contributed by atoms with Gasteiger partial charge in [-0.05, 0) is 49.1 Å². The van der Waals surface area contributed by atoms with E-state index in [-0.39, 0.29) is 23.6 Å². The molecule has 0 saturated carbocycles. The molecule has 198 valence electrons. The van der Waals surface area contributed by atoms with Crippen molar-refractivity contribution in [2.24, 2.45) is 0 Å². The van der Waals surface area contributed by atoms with Crippen LogP contribution in [0.4, 0.5) is 20.4 Å². The number of anilines is 2. The van der Waals surface area contributed by atoms with Crippen LogP contribution >= 0.6 is 11.5 Å². The Morgan fingerprint density at radius 2 is 1.85 bits per heavy atom. The third-order valence-electron chi connectivity index (χ3n) is 5.65. The van der Waals surface area contributed by atoms with Crippen LogP contribution in [-0.2, 0) is 6.54 Å². The maximum atomic E-state index is 14.9. The first-order valence-electron chi connectivity index (χ1n) is 11.8. The highest BCUT2D eigenvalue weighted by molar-refractivity contribution is 7.06. The van der Waals surface area contributed by atoms with Crippen LogP contribution in [0.15, 0.2) is 55.0 Å². The molecule has 0 saturated heterocycles. The average Bonchev–Trinajstić information content (AvgIpc) is 3.40. The second-order valence-corrected chi connectivity index (χ2v) is 9.41. The Morgan fingerprint density at radius 1 is 1.00 bits per heavy atom. The molecule has 0 radical (unpaired) electrons. The minimum absolute atomic E-state index is 0.0789. The molecule has 0 aromatic carbocycles. The Bertz CT molecular complexity index is 1770. The Balaban J connectivity index is 1.27. The Hall–Kier alpha value is -5.22. The summed E-state index contributed by atoms with van der Waals surface area (Å²) < 4.78 is 32.6. The quantitative estimate of drug-likeness (QED) is 0.287. The van der Waals surface area contributed by atoms with Gasteiger partial charge in [-0.15, -0.1) is 0 Å². The lowest BCUT2D eigenvalue weighted by Crippen LogP contribution is -2.25. The first-order valence-corrected chi connectivity index (χ1v) is 12.6. The molecule has 0 atom stereocenters. The number of carbonyl (C=O) groups is 1. The van der Waals surface area contributed by atoms with Crippen LogP contribution in [0.5, 0.6) is 0 Å². The van der Waals surface area contributed by atoms with Gasteiger partial charge in [-0.2, -0.15) is 9.64 Å². The molecule has 5 aromatic heterocycles. The number of pyridine rings is 3. The summed E-state index contributed by atoms with van der Waals surface area (Å²) in [4.78, 5) is 34.1. The van der Waals surface area contributed by atoms with Gasteiger partial charge in [0.05, 0.1) is 11.9 Å². The van der Waals surface area contributed by atoms with Crippen LogP contribution in [0.2, 0.25) is 0 Å². The number of amides is 1. The first kappa shape index (κ1) is 26.4. The van der Waals surface area contributed by atoms with Crippen LogP contribution in [0, 0.1) is 36.8 Å². The Kier molecular flexibility index (Phi) is 7.43. The molecule has 2 N–H and O–H groups in total. The van der Waals surface area contributed by atoms with Crippen LogP contribution in [-0.4, -0.2) is 35.2 Å². The summed E-state index contributed by atoms with van der Waals surface area (Å²) in [5, 5.41) is 14.6. The summed E-state index contributed by atoms with van der Waals surface area (Å²) in [7, 11) is 0. The Morgan fingerprint density at radius 3 is 2.58 bits per heavy atom. The van der Waals surface area contributed by atoms with Crippen LogP contribution < -0.4 is 10.6 Å². The summed E-state index contributed by atoms with van der Waals surface area (Å²) in [5.41, 5.74) is 2.90. The van der Waals surface area contributed by atoms with Gasteiger partial charge in [-0.3, -0.25) is 14.8 Å². The molecule has 0 spiro atoms. The smallest absolute Gasteiger partial charge is 0.273 e. The zero-order chi connectivity index (χ0) is 28.2. The number of hydrogen-bond acceptors (Lipinski definition) is 10. The number of nitrogens with zero attached hydrogens (tertiary/aromatic N) is 7. The van der Waals surface area contributed by atoms with Crippen LogP contribution in [0.25, 0.3) is 22.6 Å². The molecule has 0 aliphatic carbocycles. The molecule has 5 heterocycles. The third kappa shape index (κ3) is 5.92. The maximum absolute atomic E-state index is 14.9. The van der Waals surface area contributed by atoms with E-state index in [1.165, 1.54) is 12.3 Å². The summed E-state index contributed by atoms with van der Waals surface area (Å²) in [5.74, 6) is -0.948. The number of nitriles is 1. The zero-order valence-electron chi connectivity index (χ0n) is 21.1. The molecule has 0 bridgehead atoms. The minimum atomic E-state index is -0.838. The van der Waals surface area contributed by atoms with Crippen molar-refractivity contribution in [1.29, 1.82) is 5.26 Å². The Labute approximate surface area is 231 Å². The molecule has 5 aromatic rings. The molecular weight excluding hydrogens is 536 g/mol. The molecule has 40 heavy (non-hydrogen) atoms. The summed E-state index contributed by atoms with van der Waals surface area (Å²) in [6, 6.07) is 11.2. The van der Waals surface area contributed by atoms with Gasteiger partial charge >= 0.3 is 0 Å². The standard InChI is InChI=1S/C27H19F2N9OS/c1-14-5-23(36-24-8-19(9-30)40-38-24)37-26(35-14)17-6-21(29)25(33-12-17)27(39)34-11-16-3-4-22(32-10-16)20-7-18(28)13-31-15(20)2/h3-8,10,12-13H,11H2,1-2H3,(H,34,39)(H,35,36,37,38). The fourth-order valence-corrected chi connectivity index (χ4v) is 4.23. The maximum Gasteiger partial charge on any atom is 0.273 e.